The predicted molar refractivity (Wildman–Crippen MR) is 80.8 cm³/mol. The van der Waals surface area contributed by atoms with Crippen LogP contribution in [0.4, 0.5) is 0 Å². The molecule has 0 saturated carbocycles. The first-order valence-corrected chi connectivity index (χ1v) is 6.52. The van der Waals surface area contributed by atoms with Crippen molar-refractivity contribution in [2.45, 2.75) is 6.04 Å². The first kappa shape index (κ1) is 12.6. The molecule has 3 aromatic rings. The lowest BCUT2D eigenvalue weighted by atomic mass is 9.98. The van der Waals surface area contributed by atoms with Gasteiger partial charge in [0.2, 0.25) is 0 Å². The minimum absolute atomic E-state index is 0.184. The second-order valence-electron chi connectivity index (χ2n) is 4.71. The van der Waals surface area contributed by atoms with E-state index >= 15 is 0 Å². The zero-order valence-corrected chi connectivity index (χ0v) is 11.3. The summed E-state index contributed by atoms with van der Waals surface area (Å²) in [5, 5.41) is 1.12. The van der Waals surface area contributed by atoms with Gasteiger partial charge < -0.3 is 10.5 Å². The third kappa shape index (κ3) is 2.36. The van der Waals surface area contributed by atoms with Crippen LogP contribution in [0.5, 0.6) is 5.75 Å². The molecule has 1 heterocycles. The van der Waals surface area contributed by atoms with Gasteiger partial charge in [0.15, 0.2) is 0 Å². The summed E-state index contributed by atoms with van der Waals surface area (Å²) < 4.78 is 5.24. The van der Waals surface area contributed by atoms with Gasteiger partial charge in [0.1, 0.15) is 5.75 Å². The fraction of sp³-hybridized carbons (Fsp3) is 0.118. The molecule has 0 spiro atoms. The topological polar surface area (TPSA) is 48.1 Å². The van der Waals surface area contributed by atoms with Crippen LogP contribution in [0.15, 0.2) is 60.8 Å². The molecule has 20 heavy (non-hydrogen) atoms. The minimum atomic E-state index is -0.184. The Morgan fingerprint density at radius 2 is 1.85 bits per heavy atom. The van der Waals surface area contributed by atoms with Gasteiger partial charge in [0, 0.05) is 11.6 Å². The molecule has 0 aliphatic carbocycles. The second kappa shape index (κ2) is 5.31. The Hall–Kier alpha value is -2.39. The Morgan fingerprint density at radius 1 is 1.00 bits per heavy atom. The Labute approximate surface area is 118 Å². The highest BCUT2D eigenvalue weighted by molar-refractivity contribution is 5.79. The van der Waals surface area contributed by atoms with E-state index in [0.717, 1.165) is 27.8 Å². The number of methoxy groups -OCH3 is 1. The molecule has 3 rings (SSSR count). The first-order chi connectivity index (χ1) is 9.78. The number of nitrogens with two attached hydrogens (primary N) is 1. The molecule has 3 heteroatoms. The molecule has 1 atom stereocenters. The van der Waals surface area contributed by atoms with Crippen LogP contribution >= 0.6 is 0 Å². The van der Waals surface area contributed by atoms with Gasteiger partial charge in [-0.15, -0.1) is 0 Å². The van der Waals surface area contributed by atoms with Crippen molar-refractivity contribution in [3.8, 4) is 5.75 Å². The van der Waals surface area contributed by atoms with Gasteiger partial charge in [-0.3, -0.25) is 4.98 Å². The van der Waals surface area contributed by atoms with Crippen LogP contribution in [0.2, 0.25) is 0 Å². The van der Waals surface area contributed by atoms with Gasteiger partial charge in [-0.1, -0.05) is 30.3 Å². The van der Waals surface area contributed by atoms with Crippen molar-refractivity contribution in [1.82, 2.24) is 4.98 Å². The largest absolute Gasteiger partial charge is 0.497 e. The number of rotatable bonds is 3. The standard InChI is InChI=1S/C17H16N2O/c1-20-15-6-2-4-13(10-15)17(18)14-8-7-12-5-3-9-19-16(12)11-14/h2-11,17H,18H2,1H3. The van der Waals surface area contributed by atoms with E-state index in [1.807, 2.05) is 48.5 Å². The maximum absolute atomic E-state index is 6.35. The van der Waals surface area contributed by atoms with Crippen LogP contribution in [-0.2, 0) is 0 Å². The van der Waals surface area contributed by atoms with E-state index in [4.69, 9.17) is 10.5 Å². The molecule has 1 aromatic heterocycles. The molecule has 0 radical (unpaired) electrons. The summed E-state index contributed by atoms with van der Waals surface area (Å²) in [6.45, 7) is 0. The highest BCUT2D eigenvalue weighted by Crippen LogP contribution is 2.25. The summed E-state index contributed by atoms with van der Waals surface area (Å²) in [6.07, 6.45) is 1.79. The molecule has 0 bridgehead atoms. The molecular weight excluding hydrogens is 248 g/mol. The summed E-state index contributed by atoms with van der Waals surface area (Å²) in [4.78, 5) is 4.37. The average Bonchev–Trinajstić information content (AvgIpc) is 2.53. The van der Waals surface area contributed by atoms with Crippen LogP contribution in [0.3, 0.4) is 0 Å². The van der Waals surface area contributed by atoms with Crippen LogP contribution in [0.1, 0.15) is 17.2 Å². The van der Waals surface area contributed by atoms with E-state index in [1.54, 1.807) is 13.3 Å². The zero-order valence-electron chi connectivity index (χ0n) is 11.3. The van der Waals surface area contributed by atoms with Gasteiger partial charge in [0.25, 0.3) is 0 Å². The Bertz CT molecular complexity index is 740. The van der Waals surface area contributed by atoms with Crippen molar-refractivity contribution in [2.24, 2.45) is 5.73 Å². The highest BCUT2D eigenvalue weighted by Gasteiger charge is 2.10. The van der Waals surface area contributed by atoms with Crippen LogP contribution < -0.4 is 10.5 Å². The summed E-state index contributed by atoms with van der Waals surface area (Å²) in [7, 11) is 1.66. The minimum Gasteiger partial charge on any atom is -0.497 e. The van der Waals surface area contributed by atoms with Gasteiger partial charge in [-0.2, -0.15) is 0 Å². The van der Waals surface area contributed by atoms with Gasteiger partial charge in [-0.25, -0.2) is 0 Å². The quantitative estimate of drug-likeness (QED) is 0.789. The smallest absolute Gasteiger partial charge is 0.119 e. The molecule has 100 valence electrons. The molecule has 2 aromatic carbocycles. The molecule has 0 aliphatic heterocycles. The molecule has 0 fully saturated rings. The summed E-state index contributed by atoms with van der Waals surface area (Å²) in [5.74, 6) is 0.817. The predicted octanol–water partition coefficient (Wildman–Crippen LogP) is 3.29. The third-order valence-electron chi connectivity index (χ3n) is 3.44. The molecule has 0 aliphatic rings. The van der Waals surface area contributed by atoms with E-state index in [-0.39, 0.29) is 6.04 Å². The van der Waals surface area contributed by atoms with E-state index < -0.39 is 0 Å². The lowest BCUT2D eigenvalue weighted by Crippen LogP contribution is -2.11. The molecular formula is C17H16N2O. The number of pyridine rings is 1. The molecule has 1 unspecified atom stereocenters. The first-order valence-electron chi connectivity index (χ1n) is 6.52. The Morgan fingerprint density at radius 3 is 2.70 bits per heavy atom. The van der Waals surface area contributed by atoms with E-state index in [0.29, 0.717) is 0 Å². The highest BCUT2D eigenvalue weighted by atomic mass is 16.5. The number of ether oxygens (including phenoxy) is 1. The van der Waals surface area contributed by atoms with Crippen molar-refractivity contribution in [3.63, 3.8) is 0 Å². The van der Waals surface area contributed by atoms with Crippen molar-refractivity contribution in [2.75, 3.05) is 7.11 Å². The number of nitrogens with zero attached hydrogens (tertiary/aromatic N) is 1. The Balaban J connectivity index is 2.00. The number of hydrogen-bond donors (Lipinski definition) is 1. The number of aromatic nitrogens is 1. The molecule has 3 nitrogen and oxygen atoms in total. The maximum Gasteiger partial charge on any atom is 0.119 e. The zero-order chi connectivity index (χ0) is 13.9. The second-order valence-corrected chi connectivity index (χ2v) is 4.71. The van der Waals surface area contributed by atoms with Crippen molar-refractivity contribution in [1.29, 1.82) is 0 Å². The van der Waals surface area contributed by atoms with Crippen LogP contribution in [0.25, 0.3) is 10.9 Å². The number of hydrogen-bond acceptors (Lipinski definition) is 3. The van der Waals surface area contributed by atoms with Gasteiger partial charge in [0.05, 0.1) is 18.7 Å². The normalized spacial score (nSPS) is 12.3. The maximum atomic E-state index is 6.35. The number of fused-ring (bicyclic) bond motifs is 1. The van der Waals surface area contributed by atoms with E-state index in [2.05, 4.69) is 11.1 Å². The lowest BCUT2D eigenvalue weighted by molar-refractivity contribution is 0.414. The fourth-order valence-corrected chi connectivity index (χ4v) is 2.30. The van der Waals surface area contributed by atoms with Gasteiger partial charge in [-0.05, 0) is 35.4 Å². The van der Waals surface area contributed by atoms with E-state index in [1.165, 1.54) is 0 Å². The van der Waals surface area contributed by atoms with Crippen molar-refractivity contribution < 1.29 is 4.74 Å². The summed E-state index contributed by atoms with van der Waals surface area (Å²) >= 11 is 0. The Kier molecular flexibility index (Phi) is 3.35. The summed E-state index contributed by atoms with van der Waals surface area (Å²) in [5.41, 5.74) is 9.38. The lowest BCUT2D eigenvalue weighted by Gasteiger charge is -2.14. The molecule has 2 N–H and O–H groups in total. The fourth-order valence-electron chi connectivity index (χ4n) is 2.30. The van der Waals surface area contributed by atoms with Crippen molar-refractivity contribution in [3.05, 3.63) is 71.9 Å². The SMILES string of the molecule is COc1cccc(C(N)c2ccc3cccnc3c2)c1. The number of benzene rings is 2. The van der Waals surface area contributed by atoms with Crippen molar-refractivity contribution >= 4 is 10.9 Å². The van der Waals surface area contributed by atoms with Gasteiger partial charge >= 0.3 is 0 Å². The molecule has 0 amide bonds. The third-order valence-corrected chi connectivity index (χ3v) is 3.44. The van der Waals surface area contributed by atoms with Crippen LogP contribution in [0, 0.1) is 0 Å². The van der Waals surface area contributed by atoms with E-state index in [9.17, 15) is 0 Å². The van der Waals surface area contributed by atoms with Crippen LogP contribution in [-0.4, -0.2) is 12.1 Å². The average molecular weight is 264 g/mol. The summed E-state index contributed by atoms with van der Waals surface area (Å²) in [6, 6.07) is 17.8. The molecule has 0 saturated heterocycles. The monoisotopic (exact) mass is 264 g/mol.